The maximum atomic E-state index is 13.4. The number of anilines is 1. The van der Waals surface area contributed by atoms with Crippen LogP contribution in [0, 0.1) is 12.8 Å². The zero-order chi connectivity index (χ0) is 27.7. The van der Waals surface area contributed by atoms with Crippen molar-refractivity contribution in [1.82, 2.24) is 20.2 Å². The summed E-state index contributed by atoms with van der Waals surface area (Å²) in [6.45, 7) is 3.87. The predicted octanol–water partition coefficient (Wildman–Crippen LogP) is 3.48. The van der Waals surface area contributed by atoms with E-state index in [1.807, 2.05) is 43.3 Å². The first-order valence-corrected chi connectivity index (χ1v) is 13.5. The summed E-state index contributed by atoms with van der Waals surface area (Å²) in [5.41, 5.74) is 4.33. The Hall–Kier alpha value is -3.53. The monoisotopic (exact) mass is 549 g/mol. The highest BCUT2D eigenvalue weighted by atomic mass is 35.5. The van der Waals surface area contributed by atoms with Crippen molar-refractivity contribution < 1.29 is 19.8 Å². The first kappa shape index (κ1) is 27.1. The lowest BCUT2D eigenvalue weighted by Gasteiger charge is -2.34. The third-order valence-corrected chi connectivity index (χ3v) is 7.85. The molecule has 2 atom stereocenters. The van der Waals surface area contributed by atoms with Gasteiger partial charge in [0.2, 0.25) is 11.9 Å². The van der Waals surface area contributed by atoms with Gasteiger partial charge < -0.3 is 25.7 Å². The minimum absolute atomic E-state index is 0.181. The Labute approximate surface area is 232 Å². The summed E-state index contributed by atoms with van der Waals surface area (Å²) in [7, 11) is 0. The number of hydrogen-bond donors (Lipinski definition) is 4. The fraction of sp³-hybridized carbons (Fsp3) is 0.379. The van der Waals surface area contributed by atoms with E-state index in [4.69, 9.17) is 11.6 Å². The van der Waals surface area contributed by atoms with Gasteiger partial charge >= 0.3 is 0 Å². The van der Waals surface area contributed by atoms with Gasteiger partial charge in [-0.1, -0.05) is 53.6 Å². The number of aliphatic hydroxyl groups is 2. The number of carbonyl (C=O) groups is 2. The van der Waals surface area contributed by atoms with Crippen molar-refractivity contribution >= 4 is 29.4 Å². The lowest BCUT2D eigenvalue weighted by atomic mass is 9.81. The zero-order valence-electron chi connectivity index (χ0n) is 21.9. The molecule has 1 fully saturated rings. The molecule has 0 radical (unpaired) electrons. The van der Waals surface area contributed by atoms with E-state index in [-0.39, 0.29) is 31.1 Å². The van der Waals surface area contributed by atoms with Gasteiger partial charge in [0.15, 0.2) is 0 Å². The number of fused-ring (bicyclic) bond motifs is 1. The van der Waals surface area contributed by atoms with E-state index < -0.39 is 12.1 Å². The molecule has 10 heteroatoms. The second-order valence-electron chi connectivity index (χ2n) is 10.4. The molecule has 4 N–H and O–H groups in total. The topological polar surface area (TPSA) is 128 Å². The summed E-state index contributed by atoms with van der Waals surface area (Å²) >= 11 is 6.44. The van der Waals surface area contributed by atoms with E-state index in [9.17, 15) is 19.8 Å². The highest BCUT2D eigenvalue weighted by molar-refractivity contribution is 6.33. The van der Waals surface area contributed by atoms with Crippen LogP contribution in [0.1, 0.15) is 52.9 Å². The molecule has 2 aliphatic rings. The number of benzene rings is 2. The molecule has 0 unspecified atom stereocenters. The van der Waals surface area contributed by atoms with Crippen molar-refractivity contribution in [1.29, 1.82) is 0 Å². The number of aliphatic hydroxyl groups excluding tert-OH is 2. The van der Waals surface area contributed by atoms with E-state index in [0.29, 0.717) is 40.3 Å². The molecule has 1 aliphatic heterocycles. The molecule has 3 aromatic rings. The minimum Gasteiger partial charge on any atom is -0.396 e. The molecule has 5 rings (SSSR count). The van der Waals surface area contributed by atoms with Crippen molar-refractivity contribution in [3.63, 3.8) is 0 Å². The summed E-state index contributed by atoms with van der Waals surface area (Å²) in [5, 5.41) is 25.7. The summed E-state index contributed by atoms with van der Waals surface area (Å²) < 4.78 is 0. The maximum absolute atomic E-state index is 13.4. The average Bonchev–Trinajstić information content (AvgIpc) is 3.24. The number of rotatable bonds is 9. The predicted molar refractivity (Wildman–Crippen MR) is 148 cm³/mol. The fourth-order valence-electron chi connectivity index (χ4n) is 5.16. The number of amides is 2. The van der Waals surface area contributed by atoms with Crippen LogP contribution in [-0.2, 0) is 11.3 Å². The van der Waals surface area contributed by atoms with Gasteiger partial charge in [0, 0.05) is 30.3 Å². The Morgan fingerprint density at radius 3 is 2.72 bits per heavy atom. The van der Waals surface area contributed by atoms with Crippen LogP contribution in [-0.4, -0.2) is 62.2 Å². The van der Waals surface area contributed by atoms with Crippen LogP contribution in [0.4, 0.5) is 5.95 Å². The van der Waals surface area contributed by atoms with Gasteiger partial charge in [0.25, 0.3) is 5.91 Å². The van der Waals surface area contributed by atoms with Crippen LogP contribution >= 0.6 is 11.6 Å². The summed E-state index contributed by atoms with van der Waals surface area (Å²) in [6, 6.07) is 12.0. The van der Waals surface area contributed by atoms with E-state index in [1.165, 1.54) is 11.1 Å². The molecule has 1 aliphatic carbocycles. The molecule has 39 heavy (non-hydrogen) atoms. The third-order valence-electron chi connectivity index (χ3n) is 7.58. The number of nitrogens with zero attached hydrogens (tertiary/aromatic N) is 3. The molecule has 2 heterocycles. The largest absolute Gasteiger partial charge is 0.396 e. The average molecular weight is 550 g/mol. The van der Waals surface area contributed by atoms with Crippen LogP contribution in [0.2, 0.25) is 5.02 Å². The highest BCUT2D eigenvalue weighted by Crippen LogP contribution is 2.34. The molecule has 0 saturated heterocycles. The SMILES string of the molecule is Cc1cccc([C@@H](CO)NC(=O)[C@@H](C)N2Cc3ccc(-c4nc(NC5CC(CO)C5)ncc4Cl)cc3C2=O)c1. The molecule has 2 aromatic carbocycles. The van der Waals surface area contributed by atoms with Gasteiger partial charge in [-0.25, -0.2) is 9.97 Å². The smallest absolute Gasteiger partial charge is 0.255 e. The minimum atomic E-state index is -0.740. The number of halogens is 1. The molecule has 9 nitrogen and oxygen atoms in total. The molecular weight excluding hydrogens is 518 g/mol. The van der Waals surface area contributed by atoms with Crippen LogP contribution in [0.25, 0.3) is 11.3 Å². The highest BCUT2D eigenvalue weighted by Gasteiger charge is 2.35. The lowest BCUT2D eigenvalue weighted by Crippen LogP contribution is -2.46. The Bertz CT molecular complexity index is 1390. The van der Waals surface area contributed by atoms with Crippen molar-refractivity contribution in [2.45, 2.75) is 51.4 Å². The van der Waals surface area contributed by atoms with E-state index in [1.54, 1.807) is 13.0 Å². The lowest BCUT2D eigenvalue weighted by molar-refractivity contribution is -0.126. The van der Waals surface area contributed by atoms with Gasteiger partial charge in [-0.15, -0.1) is 0 Å². The number of hydrogen-bond acceptors (Lipinski definition) is 7. The zero-order valence-corrected chi connectivity index (χ0v) is 22.7. The van der Waals surface area contributed by atoms with Crippen LogP contribution in [0.15, 0.2) is 48.7 Å². The molecule has 1 aromatic heterocycles. The second-order valence-corrected chi connectivity index (χ2v) is 10.8. The Kier molecular flexibility index (Phi) is 7.83. The maximum Gasteiger partial charge on any atom is 0.255 e. The fourth-order valence-corrected chi connectivity index (χ4v) is 5.36. The first-order valence-electron chi connectivity index (χ1n) is 13.1. The van der Waals surface area contributed by atoms with Crippen LogP contribution in [0.5, 0.6) is 0 Å². The molecular formula is C29H32ClN5O4. The summed E-state index contributed by atoms with van der Waals surface area (Å²) in [4.78, 5) is 36.9. The van der Waals surface area contributed by atoms with Crippen molar-refractivity contribution in [3.8, 4) is 11.3 Å². The molecule has 0 bridgehead atoms. The quantitative estimate of drug-likeness (QED) is 0.322. The molecule has 2 amide bonds. The van der Waals surface area contributed by atoms with Gasteiger partial charge in [-0.3, -0.25) is 9.59 Å². The number of nitrogens with one attached hydrogen (secondary N) is 2. The second kappa shape index (κ2) is 11.3. The van der Waals surface area contributed by atoms with Crippen LogP contribution in [0.3, 0.4) is 0 Å². The van der Waals surface area contributed by atoms with Gasteiger partial charge in [-0.05, 0) is 49.8 Å². The van der Waals surface area contributed by atoms with Crippen LogP contribution < -0.4 is 10.6 Å². The standard InChI is InChI=1S/C29H32ClN5O4/c1-16-4-3-5-19(8-16)25(15-37)33-27(38)17(2)35-13-21-7-6-20(11-23(21)28(35)39)26-24(30)12-31-29(34-26)32-22-9-18(10-22)14-36/h3-8,11-12,17-18,22,25,36-37H,9-10,13-15H2,1-2H3,(H,33,38)(H,31,32,34)/t17-,18?,22?,25-/m1/s1. The Balaban J connectivity index is 1.30. The molecule has 204 valence electrons. The molecule has 0 spiro atoms. The number of carbonyl (C=O) groups excluding carboxylic acids is 2. The Morgan fingerprint density at radius 1 is 1.21 bits per heavy atom. The van der Waals surface area contributed by atoms with Gasteiger partial charge in [0.1, 0.15) is 6.04 Å². The van der Waals surface area contributed by atoms with E-state index >= 15 is 0 Å². The van der Waals surface area contributed by atoms with Crippen molar-refractivity contribution in [3.05, 3.63) is 75.9 Å². The van der Waals surface area contributed by atoms with E-state index in [2.05, 4.69) is 20.6 Å². The first-order chi connectivity index (χ1) is 18.8. The Morgan fingerprint density at radius 2 is 2.00 bits per heavy atom. The number of aromatic nitrogens is 2. The van der Waals surface area contributed by atoms with Gasteiger partial charge in [-0.2, -0.15) is 0 Å². The third kappa shape index (κ3) is 5.61. The summed E-state index contributed by atoms with van der Waals surface area (Å²) in [5.74, 6) is 0.160. The van der Waals surface area contributed by atoms with Gasteiger partial charge in [0.05, 0.1) is 29.6 Å². The normalized spacial score (nSPS) is 19.7. The number of aryl methyl sites for hydroxylation is 1. The van der Waals surface area contributed by atoms with Crippen molar-refractivity contribution in [2.24, 2.45) is 5.92 Å². The van der Waals surface area contributed by atoms with Crippen molar-refractivity contribution in [2.75, 3.05) is 18.5 Å². The van der Waals surface area contributed by atoms with E-state index in [0.717, 1.165) is 29.5 Å². The molecule has 1 saturated carbocycles. The summed E-state index contributed by atoms with van der Waals surface area (Å²) in [6.07, 6.45) is 3.25.